The molecule has 1 aromatic carbocycles. The average molecular weight is 417 g/mol. The molecule has 2 aliphatic heterocycles. The summed E-state index contributed by atoms with van der Waals surface area (Å²) in [6.45, 7) is 5.48. The lowest BCUT2D eigenvalue weighted by Crippen LogP contribution is -2.48. The van der Waals surface area contributed by atoms with Gasteiger partial charge in [-0.2, -0.15) is 5.10 Å². The number of amides is 1. The van der Waals surface area contributed by atoms with Crippen LogP contribution in [-0.4, -0.2) is 64.4 Å². The first-order valence-electron chi connectivity index (χ1n) is 10.8. The molecule has 0 aliphatic carbocycles. The number of aromatic nitrogens is 3. The van der Waals surface area contributed by atoms with Crippen molar-refractivity contribution in [1.82, 2.24) is 24.6 Å². The molecule has 0 saturated carbocycles. The molecule has 1 N–H and O–H groups in total. The molecule has 3 heterocycles. The topological polar surface area (TPSA) is 75.4 Å². The second kappa shape index (κ2) is 9.42. The molecular formula is C21H29FN6O2. The van der Waals surface area contributed by atoms with Crippen LogP contribution in [0.3, 0.4) is 0 Å². The van der Waals surface area contributed by atoms with Gasteiger partial charge in [-0.1, -0.05) is 6.42 Å². The summed E-state index contributed by atoms with van der Waals surface area (Å²) in [5.41, 5.74) is 0.854. The van der Waals surface area contributed by atoms with Crippen LogP contribution in [0.5, 0.6) is 0 Å². The van der Waals surface area contributed by atoms with Crippen molar-refractivity contribution in [3.8, 4) is 0 Å². The Morgan fingerprint density at radius 3 is 2.57 bits per heavy atom. The van der Waals surface area contributed by atoms with E-state index in [1.807, 2.05) is 12.1 Å². The molecule has 4 rings (SSSR count). The van der Waals surface area contributed by atoms with E-state index in [0.29, 0.717) is 13.1 Å². The highest BCUT2D eigenvalue weighted by atomic mass is 19.1. The number of hydrogen-bond acceptors (Lipinski definition) is 5. The Labute approximate surface area is 175 Å². The second-order valence-corrected chi connectivity index (χ2v) is 7.97. The zero-order valence-electron chi connectivity index (χ0n) is 17.2. The SMILES string of the molecule is O=C(Cn1nc2n(c1=O)CCCCC2)NCCN1CCN(c2ccc(F)cc2)CC1. The van der Waals surface area contributed by atoms with Crippen molar-refractivity contribution in [2.75, 3.05) is 44.2 Å². The summed E-state index contributed by atoms with van der Waals surface area (Å²) in [7, 11) is 0. The first kappa shape index (κ1) is 20.6. The van der Waals surface area contributed by atoms with Gasteiger partial charge in [0.2, 0.25) is 5.91 Å². The van der Waals surface area contributed by atoms with Crippen LogP contribution in [0, 0.1) is 5.82 Å². The zero-order chi connectivity index (χ0) is 20.9. The zero-order valence-corrected chi connectivity index (χ0v) is 17.2. The van der Waals surface area contributed by atoms with Crippen LogP contribution in [0.4, 0.5) is 10.1 Å². The van der Waals surface area contributed by atoms with Gasteiger partial charge in [0, 0.05) is 57.9 Å². The number of carbonyl (C=O) groups is 1. The highest BCUT2D eigenvalue weighted by molar-refractivity contribution is 5.75. The minimum absolute atomic E-state index is 0.0306. The third-order valence-electron chi connectivity index (χ3n) is 5.89. The number of rotatable bonds is 6. The maximum atomic E-state index is 13.1. The maximum Gasteiger partial charge on any atom is 0.346 e. The molecule has 0 atom stereocenters. The molecule has 0 bridgehead atoms. The monoisotopic (exact) mass is 416 g/mol. The molecule has 162 valence electrons. The van der Waals surface area contributed by atoms with E-state index in [-0.39, 0.29) is 24.0 Å². The Morgan fingerprint density at radius 2 is 1.80 bits per heavy atom. The number of piperazine rings is 1. The number of benzene rings is 1. The Hall–Kier alpha value is -2.68. The molecule has 9 heteroatoms. The van der Waals surface area contributed by atoms with Gasteiger partial charge in [0.05, 0.1) is 0 Å². The molecule has 1 aromatic heterocycles. The van der Waals surface area contributed by atoms with Crippen molar-refractivity contribution in [3.63, 3.8) is 0 Å². The van der Waals surface area contributed by atoms with Crippen molar-refractivity contribution in [2.45, 2.75) is 38.8 Å². The molecular weight excluding hydrogens is 387 g/mol. The molecule has 1 amide bonds. The Balaban J connectivity index is 1.19. The average Bonchev–Trinajstić information content (AvgIpc) is 2.91. The van der Waals surface area contributed by atoms with Gasteiger partial charge in [-0.3, -0.25) is 14.3 Å². The summed E-state index contributed by atoms with van der Waals surface area (Å²) in [4.78, 5) is 29.2. The lowest BCUT2D eigenvalue weighted by molar-refractivity contribution is -0.121. The summed E-state index contributed by atoms with van der Waals surface area (Å²) in [5, 5.41) is 7.26. The van der Waals surface area contributed by atoms with E-state index >= 15 is 0 Å². The summed E-state index contributed by atoms with van der Waals surface area (Å²) in [5.74, 6) is 0.390. The van der Waals surface area contributed by atoms with Crippen LogP contribution in [0.25, 0.3) is 0 Å². The van der Waals surface area contributed by atoms with Crippen molar-refractivity contribution in [2.24, 2.45) is 0 Å². The van der Waals surface area contributed by atoms with E-state index < -0.39 is 0 Å². The third-order valence-corrected chi connectivity index (χ3v) is 5.89. The number of anilines is 1. The third kappa shape index (κ3) is 4.89. The lowest BCUT2D eigenvalue weighted by Gasteiger charge is -2.36. The van der Waals surface area contributed by atoms with Gasteiger partial charge in [0.25, 0.3) is 0 Å². The number of carbonyl (C=O) groups excluding carboxylic acids is 1. The first-order valence-corrected chi connectivity index (χ1v) is 10.8. The highest BCUT2D eigenvalue weighted by Gasteiger charge is 2.19. The maximum absolute atomic E-state index is 13.1. The predicted molar refractivity (Wildman–Crippen MR) is 112 cm³/mol. The Bertz CT molecular complexity index is 915. The van der Waals surface area contributed by atoms with Gasteiger partial charge in [-0.25, -0.2) is 13.9 Å². The normalized spacial score (nSPS) is 17.4. The fraction of sp³-hybridized carbons (Fsp3) is 0.571. The number of aryl methyl sites for hydroxylation is 1. The van der Waals surface area contributed by atoms with Gasteiger partial charge in [-0.05, 0) is 37.1 Å². The van der Waals surface area contributed by atoms with Crippen LogP contribution in [0.15, 0.2) is 29.1 Å². The summed E-state index contributed by atoms with van der Waals surface area (Å²) in [6, 6.07) is 6.59. The molecule has 1 fully saturated rings. The van der Waals surface area contributed by atoms with Gasteiger partial charge in [0.15, 0.2) is 0 Å². The molecule has 0 radical (unpaired) electrons. The first-order chi connectivity index (χ1) is 14.6. The van der Waals surface area contributed by atoms with E-state index in [0.717, 1.165) is 69.9 Å². The number of hydrogen-bond donors (Lipinski definition) is 1. The Kier molecular flexibility index (Phi) is 6.47. The number of fused-ring (bicyclic) bond motifs is 1. The van der Waals surface area contributed by atoms with Crippen molar-refractivity contribution in [3.05, 3.63) is 46.4 Å². The van der Waals surface area contributed by atoms with Gasteiger partial charge >= 0.3 is 5.69 Å². The molecule has 8 nitrogen and oxygen atoms in total. The minimum atomic E-state index is -0.221. The lowest BCUT2D eigenvalue weighted by atomic mass is 10.2. The minimum Gasteiger partial charge on any atom is -0.369 e. The van der Waals surface area contributed by atoms with Crippen LogP contribution >= 0.6 is 0 Å². The smallest absolute Gasteiger partial charge is 0.346 e. The molecule has 2 aromatic rings. The van der Waals surface area contributed by atoms with Crippen LogP contribution in [0.2, 0.25) is 0 Å². The molecule has 0 spiro atoms. The largest absolute Gasteiger partial charge is 0.369 e. The van der Waals surface area contributed by atoms with E-state index in [1.165, 1.54) is 16.8 Å². The molecule has 2 aliphatic rings. The highest BCUT2D eigenvalue weighted by Crippen LogP contribution is 2.16. The Morgan fingerprint density at radius 1 is 1.03 bits per heavy atom. The number of halogens is 1. The number of nitrogens with one attached hydrogen (secondary N) is 1. The van der Waals surface area contributed by atoms with E-state index in [1.54, 1.807) is 4.57 Å². The molecule has 30 heavy (non-hydrogen) atoms. The standard InChI is InChI=1S/C21H29FN6O2/c22-17-5-7-18(8-6-17)26-14-12-25(13-15-26)11-9-23-20(29)16-28-21(30)27-10-3-1-2-4-19(27)24-28/h5-8H,1-4,9-16H2,(H,23,29). The van der Waals surface area contributed by atoms with Gasteiger partial charge in [-0.15, -0.1) is 0 Å². The van der Waals surface area contributed by atoms with Crippen LogP contribution in [0.1, 0.15) is 25.1 Å². The fourth-order valence-corrected chi connectivity index (χ4v) is 4.16. The predicted octanol–water partition coefficient (Wildman–Crippen LogP) is 0.849. The van der Waals surface area contributed by atoms with Gasteiger partial charge in [0.1, 0.15) is 18.2 Å². The second-order valence-electron chi connectivity index (χ2n) is 7.97. The van der Waals surface area contributed by atoms with Crippen LogP contribution in [-0.2, 0) is 24.3 Å². The van der Waals surface area contributed by atoms with Crippen molar-refractivity contribution >= 4 is 11.6 Å². The van der Waals surface area contributed by atoms with E-state index in [9.17, 15) is 14.0 Å². The van der Waals surface area contributed by atoms with Crippen molar-refractivity contribution in [1.29, 1.82) is 0 Å². The van der Waals surface area contributed by atoms with Crippen molar-refractivity contribution < 1.29 is 9.18 Å². The van der Waals surface area contributed by atoms with E-state index in [2.05, 4.69) is 20.2 Å². The summed E-state index contributed by atoms with van der Waals surface area (Å²) >= 11 is 0. The van der Waals surface area contributed by atoms with Gasteiger partial charge < -0.3 is 10.2 Å². The number of nitrogens with zero attached hydrogens (tertiary/aromatic N) is 5. The molecule has 1 saturated heterocycles. The summed E-state index contributed by atoms with van der Waals surface area (Å²) < 4.78 is 16.1. The summed E-state index contributed by atoms with van der Waals surface area (Å²) in [6.07, 6.45) is 3.94. The van der Waals surface area contributed by atoms with Crippen LogP contribution < -0.4 is 15.9 Å². The van der Waals surface area contributed by atoms with E-state index in [4.69, 9.17) is 0 Å². The quantitative estimate of drug-likeness (QED) is 0.756. The molecule has 0 unspecified atom stereocenters. The fourth-order valence-electron chi connectivity index (χ4n) is 4.16.